The lowest BCUT2D eigenvalue weighted by Crippen LogP contribution is -2.41. The van der Waals surface area contributed by atoms with Crippen molar-refractivity contribution in [2.45, 2.75) is 12.8 Å². The van der Waals surface area contributed by atoms with Crippen molar-refractivity contribution in [2.75, 3.05) is 7.11 Å². The van der Waals surface area contributed by atoms with E-state index in [1.807, 2.05) is 6.07 Å². The third-order valence-electron chi connectivity index (χ3n) is 3.23. The van der Waals surface area contributed by atoms with Crippen LogP contribution in [-0.2, 0) is 14.3 Å². The summed E-state index contributed by atoms with van der Waals surface area (Å²) >= 11 is 0. The third kappa shape index (κ3) is 2.26. The number of aromatic nitrogens is 1. The van der Waals surface area contributed by atoms with Crippen molar-refractivity contribution in [3.8, 4) is 6.07 Å². The molecule has 0 saturated heterocycles. The molecule has 1 aromatic heterocycles. The standard InChI is InChI=1S/C14H13N3O3/c1-8-11(14(19)20-2)12(9-4-3-5-16-7-9)10(6-15)13(18)17-8/h3-5,7,10,12H,1-2H3,(H,17,18)/t10?,12-/m1/s1. The highest BCUT2D eigenvalue weighted by molar-refractivity contribution is 5.97. The van der Waals surface area contributed by atoms with Crippen LogP contribution in [0.5, 0.6) is 0 Å². The molecule has 0 fully saturated rings. The Bertz CT molecular complexity index is 616. The number of methoxy groups -OCH3 is 1. The number of hydrogen-bond donors (Lipinski definition) is 1. The maximum atomic E-state index is 12.0. The first-order chi connectivity index (χ1) is 9.60. The quantitative estimate of drug-likeness (QED) is 0.806. The van der Waals surface area contributed by atoms with Crippen LogP contribution < -0.4 is 5.32 Å². The summed E-state index contributed by atoms with van der Waals surface area (Å²) in [4.78, 5) is 27.9. The van der Waals surface area contributed by atoms with Gasteiger partial charge in [0, 0.05) is 24.0 Å². The molecule has 0 radical (unpaired) electrons. The minimum absolute atomic E-state index is 0.284. The molecule has 0 aromatic carbocycles. The van der Waals surface area contributed by atoms with Crippen LogP contribution >= 0.6 is 0 Å². The van der Waals surface area contributed by atoms with Crippen molar-refractivity contribution >= 4 is 11.9 Å². The third-order valence-corrected chi connectivity index (χ3v) is 3.23. The first-order valence-electron chi connectivity index (χ1n) is 5.99. The van der Waals surface area contributed by atoms with Crippen LogP contribution in [0.2, 0.25) is 0 Å². The predicted octanol–water partition coefficient (Wildman–Crippen LogP) is 0.882. The molecule has 1 aromatic rings. The number of esters is 1. The number of nitrogens with zero attached hydrogens (tertiary/aromatic N) is 2. The number of rotatable bonds is 2. The first-order valence-corrected chi connectivity index (χ1v) is 5.99. The van der Waals surface area contributed by atoms with Gasteiger partial charge in [0.1, 0.15) is 5.92 Å². The van der Waals surface area contributed by atoms with E-state index in [-0.39, 0.29) is 5.57 Å². The maximum Gasteiger partial charge on any atom is 0.336 e. The Morgan fingerprint density at radius 2 is 2.30 bits per heavy atom. The van der Waals surface area contributed by atoms with Crippen molar-refractivity contribution in [2.24, 2.45) is 5.92 Å². The van der Waals surface area contributed by atoms with Gasteiger partial charge in [0.05, 0.1) is 18.8 Å². The molecule has 6 nitrogen and oxygen atoms in total. The molecule has 1 aliphatic heterocycles. The zero-order valence-electron chi connectivity index (χ0n) is 11.1. The topological polar surface area (TPSA) is 92.1 Å². The van der Waals surface area contributed by atoms with E-state index in [2.05, 4.69) is 10.3 Å². The summed E-state index contributed by atoms with van der Waals surface area (Å²) in [6.07, 6.45) is 3.13. The molecule has 1 N–H and O–H groups in total. The summed E-state index contributed by atoms with van der Waals surface area (Å²) in [5, 5.41) is 11.8. The molecular weight excluding hydrogens is 258 g/mol. The van der Waals surface area contributed by atoms with Crippen LogP contribution in [0.3, 0.4) is 0 Å². The number of carbonyl (C=O) groups excluding carboxylic acids is 2. The molecule has 1 amide bonds. The Morgan fingerprint density at radius 3 is 2.85 bits per heavy atom. The van der Waals surface area contributed by atoms with Crippen molar-refractivity contribution in [1.82, 2.24) is 10.3 Å². The van der Waals surface area contributed by atoms with Crippen LogP contribution in [0.15, 0.2) is 35.8 Å². The smallest absolute Gasteiger partial charge is 0.336 e. The molecular formula is C14H13N3O3. The minimum Gasteiger partial charge on any atom is -0.466 e. The molecule has 0 saturated carbocycles. The van der Waals surface area contributed by atoms with Crippen LogP contribution in [-0.4, -0.2) is 24.0 Å². The molecule has 2 heterocycles. The van der Waals surface area contributed by atoms with Gasteiger partial charge in [-0.2, -0.15) is 5.26 Å². The number of allylic oxidation sites excluding steroid dienone is 1. The van der Waals surface area contributed by atoms with E-state index >= 15 is 0 Å². The van der Waals surface area contributed by atoms with Crippen molar-refractivity contribution in [1.29, 1.82) is 5.26 Å². The van der Waals surface area contributed by atoms with E-state index in [0.29, 0.717) is 11.3 Å². The van der Waals surface area contributed by atoms with Crippen LogP contribution in [0, 0.1) is 17.2 Å². The molecule has 102 valence electrons. The normalized spacial score (nSPS) is 21.9. The fourth-order valence-corrected chi connectivity index (χ4v) is 2.32. The van der Waals surface area contributed by atoms with Gasteiger partial charge in [-0.05, 0) is 18.6 Å². The van der Waals surface area contributed by atoms with Crippen molar-refractivity contribution < 1.29 is 14.3 Å². The fourth-order valence-electron chi connectivity index (χ4n) is 2.32. The average Bonchev–Trinajstić information content (AvgIpc) is 2.46. The van der Waals surface area contributed by atoms with Crippen LogP contribution in [0.4, 0.5) is 0 Å². The summed E-state index contributed by atoms with van der Waals surface area (Å²) in [5.41, 5.74) is 1.32. The SMILES string of the molecule is COC(=O)C1=C(C)NC(=O)C(C#N)[C@H]1c1cccnc1. The lowest BCUT2D eigenvalue weighted by Gasteiger charge is -2.29. The Labute approximate surface area is 116 Å². The van der Waals surface area contributed by atoms with Gasteiger partial charge in [-0.15, -0.1) is 0 Å². The van der Waals surface area contributed by atoms with Crippen LogP contribution in [0.1, 0.15) is 18.4 Å². The largest absolute Gasteiger partial charge is 0.466 e. The van der Waals surface area contributed by atoms with E-state index < -0.39 is 23.7 Å². The Balaban J connectivity index is 2.61. The molecule has 0 aliphatic carbocycles. The van der Waals surface area contributed by atoms with Gasteiger partial charge >= 0.3 is 5.97 Å². The van der Waals surface area contributed by atoms with Crippen molar-refractivity contribution in [3.63, 3.8) is 0 Å². The maximum absolute atomic E-state index is 12.0. The number of nitrogens with one attached hydrogen (secondary N) is 1. The minimum atomic E-state index is -0.989. The van der Waals surface area contributed by atoms with E-state index in [1.165, 1.54) is 7.11 Å². The summed E-state index contributed by atoms with van der Waals surface area (Å²) in [7, 11) is 1.26. The number of pyridine rings is 1. The number of hydrogen-bond acceptors (Lipinski definition) is 5. The highest BCUT2D eigenvalue weighted by Gasteiger charge is 2.41. The Morgan fingerprint density at radius 1 is 1.55 bits per heavy atom. The van der Waals surface area contributed by atoms with Crippen molar-refractivity contribution in [3.05, 3.63) is 41.4 Å². The molecule has 6 heteroatoms. The zero-order chi connectivity index (χ0) is 14.7. The predicted molar refractivity (Wildman–Crippen MR) is 68.9 cm³/mol. The van der Waals surface area contributed by atoms with E-state index in [1.54, 1.807) is 31.5 Å². The Kier molecular flexibility index (Phi) is 3.80. The van der Waals surface area contributed by atoms with E-state index in [4.69, 9.17) is 4.74 Å². The lowest BCUT2D eigenvalue weighted by molar-refractivity contribution is -0.137. The van der Waals surface area contributed by atoms with Gasteiger partial charge in [0.2, 0.25) is 5.91 Å². The summed E-state index contributed by atoms with van der Waals surface area (Å²) < 4.78 is 4.76. The van der Waals surface area contributed by atoms with Gasteiger partial charge in [0.15, 0.2) is 0 Å². The number of amides is 1. The van der Waals surface area contributed by atoms with Gasteiger partial charge in [-0.25, -0.2) is 4.79 Å². The molecule has 0 bridgehead atoms. The molecule has 1 aliphatic rings. The highest BCUT2D eigenvalue weighted by atomic mass is 16.5. The van der Waals surface area contributed by atoms with Gasteiger partial charge in [0.25, 0.3) is 0 Å². The Hall–Kier alpha value is -2.68. The molecule has 2 atom stereocenters. The number of ether oxygens (including phenoxy) is 1. The zero-order valence-corrected chi connectivity index (χ0v) is 11.1. The highest BCUT2D eigenvalue weighted by Crippen LogP contribution is 2.36. The monoisotopic (exact) mass is 271 g/mol. The van der Waals surface area contributed by atoms with Gasteiger partial charge in [-0.1, -0.05) is 6.07 Å². The van der Waals surface area contributed by atoms with Gasteiger partial charge in [-0.3, -0.25) is 9.78 Å². The second-order valence-corrected chi connectivity index (χ2v) is 4.39. The van der Waals surface area contributed by atoms with E-state index in [0.717, 1.165) is 0 Å². The molecule has 1 unspecified atom stereocenters. The second-order valence-electron chi connectivity index (χ2n) is 4.39. The summed E-state index contributed by atoms with van der Waals surface area (Å²) in [6.45, 7) is 1.61. The van der Waals surface area contributed by atoms with E-state index in [9.17, 15) is 14.9 Å². The second kappa shape index (κ2) is 5.53. The first kappa shape index (κ1) is 13.7. The fraction of sp³-hybridized carbons (Fsp3) is 0.286. The molecule has 0 spiro atoms. The molecule has 20 heavy (non-hydrogen) atoms. The van der Waals surface area contributed by atoms with Crippen LogP contribution in [0.25, 0.3) is 0 Å². The average molecular weight is 271 g/mol. The number of carbonyl (C=O) groups is 2. The molecule has 2 rings (SSSR count). The lowest BCUT2D eigenvalue weighted by atomic mass is 9.78. The summed E-state index contributed by atoms with van der Waals surface area (Å²) in [5.74, 6) is -2.64. The number of nitriles is 1. The van der Waals surface area contributed by atoms with Gasteiger partial charge < -0.3 is 10.1 Å². The summed E-state index contributed by atoms with van der Waals surface area (Å²) in [6, 6.07) is 5.38.